The molecule has 1 spiro atoms. The van der Waals surface area contributed by atoms with Gasteiger partial charge in [-0.15, -0.1) is 0 Å². The highest BCUT2D eigenvalue weighted by molar-refractivity contribution is 6.39. The summed E-state index contributed by atoms with van der Waals surface area (Å²) in [6, 6.07) is 68.7. The molecule has 10 aromatic carbocycles. The van der Waals surface area contributed by atoms with Gasteiger partial charge in [0.05, 0.1) is 0 Å². The molecule has 53 heavy (non-hydrogen) atoms. The van der Waals surface area contributed by atoms with E-state index < -0.39 is 0 Å². The van der Waals surface area contributed by atoms with Gasteiger partial charge in [-0.3, -0.25) is 0 Å². The number of benzene rings is 10. The molecule has 2 aliphatic carbocycles. The van der Waals surface area contributed by atoms with Gasteiger partial charge in [0.15, 0.2) is 0 Å². The van der Waals surface area contributed by atoms with E-state index in [0.29, 0.717) is 0 Å². The van der Waals surface area contributed by atoms with E-state index >= 15 is 0 Å². The molecular formula is C53H34. The molecule has 0 amide bonds. The molecule has 0 heteroatoms. The first-order valence-electron chi connectivity index (χ1n) is 18.8. The van der Waals surface area contributed by atoms with Crippen molar-refractivity contribution in [1.82, 2.24) is 0 Å². The molecule has 0 aliphatic heterocycles. The predicted molar refractivity (Wildman–Crippen MR) is 225 cm³/mol. The van der Waals surface area contributed by atoms with Gasteiger partial charge in [-0.1, -0.05) is 164 Å². The summed E-state index contributed by atoms with van der Waals surface area (Å²) < 4.78 is 0. The van der Waals surface area contributed by atoms with E-state index in [9.17, 15) is 0 Å². The van der Waals surface area contributed by atoms with E-state index in [1.165, 1.54) is 109 Å². The van der Waals surface area contributed by atoms with Crippen LogP contribution in [0.25, 0.3) is 87.2 Å². The maximum atomic E-state index is 2.53. The lowest BCUT2D eigenvalue weighted by atomic mass is 9.75. The van der Waals surface area contributed by atoms with Gasteiger partial charge >= 0.3 is 0 Å². The van der Waals surface area contributed by atoms with Crippen molar-refractivity contribution in [3.8, 4) is 33.4 Å². The first-order valence-corrected chi connectivity index (χ1v) is 18.8. The molecular weight excluding hydrogens is 637 g/mol. The van der Waals surface area contributed by atoms with Crippen LogP contribution < -0.4 is 0 Å². The van der Waals surface area contributed by atoms with E-state index in [0.717, 1.165) is 12.8 Å². The second kappa shape index (κ2) is 10.8. The summed E-state index contributed by atoms with van der Waals surface area (Å²) >= 11 is 0. The van der Waals surface area contributed by atoms with Crippen LogP contribution in [-0.4, -0.2) is 0 Å². The maximum absolute atomic E-state index is 2.53. The fraction of sp³-hybridized carbons (Fsp3) is 0.0566. The largest absolute Gasteiger partial charge is 0.0622 e. The number of rotatable bonds is 2. The first-order chi connectivity index (χ1) is 26.2. The van der Waals surface area contributed by atoms with Crippen molar-refractivity contribution in [2.24, 2.45) is 0 Å². The van der Waals surface area contributed by atoms with Crippen molar-refractivity contribution < 1.29 is 0 Å². The molecule has 0 bridgehead atoms. The second-order valence-corrected chi connectivity index (χ2v) is 15.2. The molecule has 10 aromatic rings. The van der Waals surface area contributed by atoms with E-state index in [1.807, 2.05) is 0 Å². The van der Waals surface area contributed by atoms with Gasteiger partial charge in [0.25, 0.3) is 0 Å². The van der Waals surface area contributed by atoms with E-state index in [-0.39, 0.29) is 5.41 Å². The van der Waals surface area contributed by atoms with Crippen LogP contribution in [0.5, 0.6) is 0 Å². The van der Waals surface area contributed by atoms with Crippen LogP contribution in [-0.2, 0) is 18.3 Å². The zero-order chi connectivity index (χ0) is 34.7. The smallest absolute Gasteiger partial charge is 0.0296 e. The third kappa shape index (κ3) is 4.01. The minimum Gasteiger partial charge on any atom is -0.0622 e. The Morgan fingerprint density at radius 2 is 0.736 bits per heavy atom. The van der Waals surface area contributed by atoms with E-state index in [4.69, 9.17) is 0 Å². The molecule has 12 rings (SSSR count). The van der Waals surface area contributed by atoms with E-state index in [1.54, 1.807) is 0 Å². The normalized spacial score (nSPS) is 14.0. The van der Waals surface area contributed by atoms with Crippen molar-refractivity contribution in [2.45, 2.75) is 18.3 Å². The highest BCUT2D eigenvalue weighted by atomic mass is 14.5. The summed E-state index contributed by atoms with van der Waals surface area (Å²) in [5.41, 5.74) is 13.7. The second-order valence-electron chi connectivity index (χ2n) is 15.2. The van der Waals surface area contributed by atoms with Gasteiger partial charge < -0.3 is 0 Å². The molecule has 0 atom stereocenters. The first kappa shape index (κ1) is 29.1. The zero-order valence-corrected chi connectivity index (χ0v) is 29.2. The minimum atomic E-state index is -0.0308. The Bertz CT molecular complexity index is 3140. The number of hydrogen-bond acceptors (Lipinski definition) is 0. The average Bonchev–Trinajstić information content (AvgIpc) is 3.75. The molecule has 2 aliphatic rings. The highest BCUT2D eigenvalue weighted by Gasteiger charge is 2.47. The lowest BCUT2D eigenvalue weighted by molar-refractivity contribution is 0.564. The summed E-state index contributed by atoms with van der Waals surface area (Å²) in [6.07, 6.45) is 2.10. The summed E-state index contributed by atoms with van der Waals surface area (Å²) in [5, 5.41) is 13.1. The fourth-order valence-corrected chi connectivity index (χ4v) is 10.3. The standard InChI is InChI=1S/C53H34/c1-2-12-33(13-3-1)34-22-25-41-42-26-23-35(29-48(42)52-46-20-9-7-17-40(46)39-16-6-8-19-45(39)51(52)47(41)28-34)36-24-27-44-43-18-10-11-21-49(43)53(50(44)30-36)31-37-14-4-5-15-38(37)32-53/h1-30H,31-32H2. The molecule has 0 aromatic heterocycles. The minimum absolute atomic E-state index is 0.0308. The Kier molecular flexibility index (Phi) is 5.91. The van der Waals surface area contributed by atoms with Gasteiger partial charge in [-0.2, -0.15) is 0 Å². The molecule has 0 fully saturated rings. The highest BCUT2D eigenvalue weighted by Crippen LogP contribution is 2.56. The Balaban J connectivity index is 1.15. The molecule has 0 N–H and O–H groups in total. The van der Waals surface area contributed by atoms with Crippen LogP contribution in [0.4, 0.5) is 0 Å². The van der Waals surface area contributed by atoms with Crippen molar-refractivity contribution in [3.63, 3.8) is 0 Å². The molecule has 0 saturated heterocycles. The molecule has 246 valence electrons. The van der Waals surface area contributed by atoms with Crippen LogP contribution in [0.15, 0.2) is 182 Å². The van der Waals surface area contributed by atoms with Crippen molar-refractivity contribution >= 4 is 53.9 Å². The maximum Gasteiger partial charge on any atom is 0.0296 e. The molecule has 0 heterocycles. The van der Waals surface area contributed by atoms with Crippen LogP contribution in [0.3, 0.4) is 0 Å². The van der Waals surface area contributed by atoms with Crippen LogP contribution in [0.1, 0.15) is 22.3 Å². The number of fused-ring (bicyclic) bond motifs is 17. The zero-order valence-electron chi connectivity index (χ0n) is 29.2. The van der Waals surface area contributed by atoms with Gasteiger partial charge in [0.1, 0.15) is 0 Å². The monoisotopic (exact) mass is 670 g/mol. The summed E-state index contributed by atoms with van der Waals surface area (Å²) in [4.78, 5) is 0. The van der Waals surface area contributed by atoms with Gasteiger partial charge in [-0.25, -0.2) is 0 Å². The molecule has 0 saturated carbocycles. The quantitative estimate of drug-likeness (QED) is 0.161. The molecule has 0 unspecified atom stereocenters. The third-order valence-electron chi connectivity index (χ3n) is 12.6. The lowest BCUT2D eigenvalue weighted by Crippen LogP contribution is -2.25. The summed E-state index contributed by atoms with van der Waals surface area (Å²) in [6.45, 7) is 0. The van der Waals surface area contributed by atoms with Crippen LogP contribution >= 0.6 is 0 Å². The van der Waals surface area contributed by atoms with Gasteiger partial charge in [0.2, 0.25) is 0 Å². The average molecular weight is 671 g/mol. The lowest BCUT2D eigenvalue weighted by Gasteiger charge is -2.27. The number of hydrogen-bond donors (Lipinski definition) is 0. The van der Waals surface area contributed by atoms with Gasteiger partial charge in [-0.05, 0) is 141 Å². The topological polar surface area (TPSA) is 0 Å². The molecule has 0 nitrogen and oxygen atoms in total. The predicted octanol–water partition coefficient (Wildman–Crippen LogP) is 13.9. The Morgan fingerprint density at radius 3 is 1.38 bits per heavy atom. The Hall–Kier alpha value is -6.50. The van der Waals surface area contributed by atoms with Crippen LogP contribution in [0, 0.1) is 0 Å². The summed E-state index contributed by atoms with van der Waals surface area (Å²) in [7, 11) is 0. The third-order valence-corrected chi connectivity index (χ3v) is 12.6. The van der Waals surface area contributed by atoms with Crippen molar-refractivity contribution in [3.05, 3.63) is 204 Å². The Morgan fingerprint density at radius 1 is 0.283 bits per heavy atom. The Labute approximate surface area is 308 Å². The van der Waals surface area contributed by atoms with E-state index in [2.05, 4.69) is 182 Å². The van der Waals surface area contributed by atoms with Gasteiger partial charge in [0, 0.05) is 5.41 Å². The van der Waals surface area contributed by atoms with Crippen LogP contribution in [0.2, 0.25) is 0 Å². The summed E-state index contributed by atoms with van der Waals surface area (Å²) in [5.74, 6) is 0. The fourth-order valence-electron chi connectivity index (χ4n) is 10.3. The molecule has 0 radical (unpaired) electrons. The van der Waals surface area contributed by atoms with Crippen molar-refractivity contribution in [1.29, 1.82) is 0 Å². The van der Waals surface area contributed by atoms with Crippen molar-refractivity contribution in [2.75, 3.05) is 0 Å². The SMILES string of the molecule is c1ccc(-c2ccc3c4ccc(-c5ccc6c(c5)C5(Cc7ccccc7C5)c5ccccc5-6)cc4c4c5ccccc5c5ccccc5c4c3c2)cc1.